The van der Waals surface area contributed by atoms with Crippen LogP contribution in [0, 0.1) is 0 Å². The molecule has 0 aromatic carbocycles. The number of likely N-dealkylation sites (tertiary alicyclic amines) is 1. The Morgan fingerprint density at radius 1 is 1.30 bits per heavy atom. The predicted molar refractivity (Wildman–Crippen MR) is 94.0 cm³/mol. The second-order valence-electron chi connectivity index (χ2n) is 7.20. The minimum absolute atomic E-state index is 0.131. The van der Waals surface area contributed by atoms with Gasteiger partial charge in [-0.1, -0.05) is 0 Å². The molecule has 0 aliphatic carbocycles. The smallest absolute Gasteiger partial charge is 0.338 e. The van der Waals surface area contributed by atoms with Crippen LogP contribution in [0.2, 0.25) is 0 Å². The number of hydrogen-bond donors (Lipinski definition) is 7. The van der Waals surface area contributed by atoms with Gasteiger partial charge in [-0.05, 0) is 26.2 Å². The van der Waals surface area contributed by atoms with E-state index in [1.807, 2.05) is 0 Å². The molecule has 0 aromatic heterocycles. The summed E-state index contributed by atoms with van der Waals surface area (Å²) in [4.78, 5) is 51.8. The Balaban J connectivity index is 3.33. The summed E-state index contributed by atoms with van der Waals surface area (Å²) >= 11 is 0. The Morgan fingerprint density at radius 2 is 1.89 bits per heavy atom. The van der Waals surface area contributed by atoms with Gasteiger partial charge in [0.25, 0.3) is 0 Å². The molecule has 0 radical (unpaired) electrons. The summed E-state index contributed by atoms with van der Waals surface area (Å²) in [5, 5.41) is 29.3. The molecule has 1 aliphatic heterocycles. The first kappa shape index (κ1) is 24.2. The van der Waals surface area contributed by atoms with Gasteiger partial charge in [0.1, 0.15) is 5.40 Å². The van der Waals surface area contributed by atoms with Gasteiger partial charge in [-0.2, -0.15) is 0 Å². The molecule has 4 atom stereocenters. The first-order chi connectivity index (χ1) is 12.2. The van der Waals surface area contributed by atoms with Gasteiger partial charge >= 0.3 is 19.5 Å². The fourth-order valence-electron chi connectivity index (χ4n) is 3.42. The van der Waals surface area contributed by atoms with Crippen molar-refractivity contribution in [2.45, 2.75) is 42.7 Å². The minimum atomic E-state index is -5.01. The number of carbonyl (C=O) groups is 2. The average Bonchev–Trinajstić information content (AvgIpc) is 2.58. The number of rotatable bonds is 9. The van der Waals surface area contributed by atoms with Crippen molar-refractivity contribution in [2.75, 3.05) is 26.2 Å². The monoisotopic (exact) mass is 432 g/mol. The highest BCUT2D eigenvalue weighted by atomic mass is 31.2. The molecule has 14 heteroatoms. The lowest BCUT2D eigenvalue weighted by atomic mass is 9.82. The predicted octanol–water partition coefficient (Wildman–Crippen LogP) is -1.31. The third kappa shape index (κ3) is 7.97. The zero-order valence-corrected chi connectivity index (χ0v) is 16.6. The van der Waals surface area contributed by atoms with Crippen molar-refractivity contribution in [3.63, 3.8) is 0 Å². The van der Waals surface area contributed by atoms with Gasteiger partial charge in [0, 0.05) is 18.6 Å². The van der Waals surface area contributed by atoms with E-state index in [-0.39, 0.29) is 25.9 Å². The van der Waals surface area contributed by atoms with Crippen LogP contribution in [0.5, 0.6) is 0 Å². The van der Waals surface area contributed by atoms with Gasteiger partial charge in [-0.15, -0.1) is 0 Å². The maximum atomic E-state index is 11.7. The fraction of sp³-hybridized carbons (Fsp3) is 0.846. The molecule has 1 saturated heterocycles. The second kappa shape index (κ2) is 9.11. The van der Waals surface area contributed by atoms with Crippen molar-refractivity contribution in [1.29, 1.82) is 0 Å². The third-order valence-electron chi connectivity index (χ3n) is 4.46. The van der Waals surface area contributed by atoms with E-state index in [1.54, 1.807) is 0 Å². The van der Waals surface area contributed by atoms with Crippen LogP contribution < -0.4 is 5.32 Å². The van der Waals surface area contributed by atoms with E-state index >= 15 is 0 Å². The van der Waals surface area contributed by atoms with Crippen molar-refractivity contribution in [2.24, 2.45) is 0 Å². The summed E-state index contributed by atoms with van der Waals surface area (Å²) < 4.78 is 23.3. The molecule has 1 rings (SSSR count). The van der Waals surface area contributed by atoms with Gasteiger partial charge in [0.05, 0.1) is 18.7 Å². The number of aliphatic carboxylic acids is 2. The van der Waals surface area contributed by atoms with Crippen LogP contribution in [-0.2, 0) is 18.7 Å². The number of carboxylic acid groups (broad SMARTS) is 2. The topological polar surface area (TPSA) is 205 Å². The molecule has 0 aromatic rings. The zero-order valence-electron chi connectivity index (χ0n) is 14.7. The number of nitrogens with one attached hydrogen (secondary N) is 1. The maximum Gasteiger partial charge on any atom is 0.338 e. The van der Waals surface area contributed by atoms with E-state index < -0.39 is 63.6 Å². The highest BCUT2D eigenvalue weighted by molar-refractivity contribution is 7.65. The Bertz CT molecular complexity index is 637. The van der Waals surface area contributed by atoms with Crippen molar-refractivity contribution < 1.29 is 48.7 Å². The summed E-state index contributed by atoms with van der Waals surface area (Å²) in [7, 11) is -8.72. The van der Waals surface area contributed by atoms with E-state index in [1.165, 1.54) is 11.8 Å². The lowest BCUT2D eigenvalue weighted by molar-refractivity contribution is -0.139. The number of carboxylic acids is 2. The molecule has 0 amide bonds. The number of aliphatic hydroxyl groups is 1. The highest BCUT2D eigenvalue weighted by Crippen LogP contribution is 2.55. The molecule has 27 heavy (non-hydrogen) atoms. The largest absolute Gasteiger partial charge is 0.480 e. The number of hydrogen-bond acceptors (Lipinski definition) is 7. The van der Waals surface area contributed by atoms with Crippen molar-refractivity contribution in [1.82, 2.24) is 10.2 Å². The first-order valence-corrected chi connectivity index (χ1v) is 11.2. The van der Waals surface area contributed by atoms with Gasteiger partial charge in [0.2, 0.25) is 8.03 Å². The van der Waals surface area contributed by atoms with Gasteiger partial charge in [-0.3, -0.25) is 28.9 Å². The Kier molecular flexibility index (Phi) is 8.16. The summed E-state index contributed by atoms with van der Waals surface area (Å²) in [5.74, 6) is -2.46. The van der Waals surface area contributed by atoms with Crippen molar-refractivity contribution >= 4 is 27.6 Å². The van der Waals surface area contributed by atoms with Crippen LogP contribution in [0.25, 0.3) is 0 Å². The van der Waals surface area contributed by atoms with Crippen molar-refractivity contribution in [3.05, 3.63) is 0 Å². The van der Waals surface area contributed by atoms with Crippen LogP contribution in [0.1, 0.15) is 26.2 Å². The molecule has 0 spiro atoms. The second-order valence-corrected chi connectivity index (χ2v) is 10.9. The minimum Gasteiger partial charge on any atom is -0.480 e. The maximum absolute atomic E-state index is 11.7. The Labute approximate surface area is 156 Å². The van der Waals surface area contributed by atoms with Crippen LogP contribution in [0.15, 0.2) is 0 Å². The van der Waals surface area contributed by atoms with Gasteiger partial charge < -0.3 is 30.0 Å². The Hall–Kier alpha value is -0.840. The highest BCUT2D eigenvalue weighted by Gasteiger charge is 2.48. The van der Waals surface area contributed by atoms with Crippen LogP contribution in [0.4, 0.5) is 0 Å². The van der Waals surface area contributed by atoms with E-state index in [0.717, 1.165) is 0 Å². The molecular formula is C13H26N2O10P2. The van der Waals surface area contributed by atoms with E-state index in [2.05, 4.69) is 5.32 Å². The lowest BCUT2D eigenvalue weighted by Gasteiger charge is -2.41. The molecule has 4 unspecified atom stereocenters. The fourth-order valence-corrected chi connectivity index (χ4v) is 5.72. The van der Waals surface area contributed by atoms with Crippen LogP contribution in [0.3, 0.4) is 0 Å². The first-order valence-electron chi connectivity index (χ1n) is 8.07. The standard InChI is InChI=1S/C13H26N2O10P2/c1-12(20)2-3-15(6-10(18)19)8-13(7-12,14-5-9(16)17)4-11(26(21)22)27(23,24)25/h11,14,20,26H,2-8H2,1H3,(H,16,17)(H,18,19)(H,21,22)(H2,23,24,25). The molecule has 0 saturated carbocycles. The molecule has 7 N–H and O–H groups in total. The normalized spacial score (nSPS) is 29.7. The number of nitrogens with zero attached hydrogens (tertiary/aromatic N) is 1. The van der Waals surface area contributed by atoms with Gasteiger partial charge in [-0.25, -0.2) is 0 Å². The molecule has 158 valence electrons. The Morgan fingerprint density at radius 3 is 2.33 bits per heavy atom. The molecule has 1 aliphatic rings. The van der Waals surface area contributed by atoms with Crippen LogP contribution in [-0.4, -0.2) is 89.6 Å². The molecule has 1 heterocycles. The summed E-state index contributed by atoms with van der Waals surface area (Å²) in [5.41, 5.74) is -2.91. The quantitative estimate of drug-likeness (QED) is 0.212. The average molecular weight is 432 g/mol. The lowest BCUT2D eigenvalue weighted by Crippen LogP contribution is -2.57. The van der Waals surface area contributed by atoms with E-state index in [0.29, 0.717) is 0 Å². The van der Waals surface area contributed by atoms with Crippen molar-refractivity contribution in [3.8, 4) is 0 Å². The summed E-state index contributed by atoms with van der Waals surface area (Å²) in [6.07, 6.45) is -0.661. The third-order valence-corrected chi connectivity index (χ3v) is 7.90. The summed E-state index contributed by atoms with van der Waals surface area (Å²) in [6, 6.07) is 0. The summed E-state index contributed by atoms with van der Waals surface area (Å²) in [6.45, 7) is 0.320. The molecule has 12 nitrogen and oxygen atoms in total. The van der Waals surface area contributed by atoms with E-state index in [4.69, 9.17) is 10.2 Å². The van der Waals surface area contributed by atoms with E-state index in [9.17, 15) is 38.5 Å². The molecular weight excluding hydrogens is 406 g/mol. The van der Waals surface area contributed by atoms with Gasteiger partial charge in [0.15, 0.2) is 0 Å². The zero-order chi connectivity index (χ0) is 21.0. The molecule has 1 fully saturated rings. The molecule has 0 bridgehead atoms. The van der Waals surface area contributed by atoms with Crippen LogP contribution >= 0.6 is 15.6 Å². The SMILES string of the molecule is CC1(O)CCN(CC(=O)O)CC(CC([PH](=O)O)P(=O)(O)O)(NCC(=O)O)C1.